The lowest BCUT2D eigenvalue weighted by atomic mass is 9.93. The van der Waals surface area contributed by atoms with Crippen molar-refractivity contribution < 1.29 is 8.83 Å². The van der Waals surface area contributed by atoms with Gasteiger partial charge in [0.05, 0.1) is 6.54 Å². The van der Waals surface area contributed by atoms with Crippen molar-refractivity contribution >= 4 is 77.1 Å². The lowest BCUT2D eigenvalue weighted by molar-refractivity contribution is 0.668. The van der Waals surface area contributed by atoms with Gasteiger partial charge in [-0.25, -0.2) is 4.99 Å². The van der Waals surface area contributed by atoms with Crippen molar-refractivity contribution in [2.24, 2.45) is 15.7 Å². The van der Waals surface area contributed by atoms with Crippen molar-refractivity contribution in [1.29, 1.82) is 0 Å². The van der Waals surface area contributed by atoms with E-state index in [1.807, 2.05) is 54.6 Å². The van der Waals surface area contributed by atoms with Crippen LogP contribution in [0, 0.1) is 0 Å². The highest BCUT2D eigenvalue weighted by atomic mass is 16.3. The minimum Gasteiger partial charge on any atom is -0.456 e. The highest BCUT2D eigenvalue weighted by Crippen LogP contribution is 2.40. The van der Waals surface area contributed by atoms with E-state index in [0.29, 0.717) is 18.2 Å². The van der Waals surface area contributed by atoms with Gasteiger partial charge >= 0.3 is 0 Å². The minimum absolute atomic E-state index is 0.379. The number of hydrogen-bond acceptors (Lipinski definition) is 3. The Morgan fingerprint density at radius 1 is 0.414 bits per heavy atom. The summed E-state index contributed by atoms with van der Waals surface area (Å²) in [7, 11) is 0. The molecule has 0 radical (unpaired) electrons. The third kappa shape index (κ3) is 5.63. The van der Waals surface area contributed by atoms with Crippen molar-refractivity contribution in [3.63, 3.8) is 0 Å². The summed E-state index contributed by atoms with van der Waals surface area (Å²) in [6, 6.07) is 64.8. The summed E-state index contributed by atoms with van der Waals surface area (Å²) in [4.78, 5) is 10.4. The van der Waals surface area contributed by atoms with Crippen LogP contribution in [0.4, 0.5) is 0 Å². The minimum atomic E-state index is 0.379. The van der Waals surface area contributed by atoms with E-state index >= 15 is 0 Å². The molecule has 0 fully saturated rings. The summed E-state index contributed by atoms with van der Waals surface area (Å²) in [5.41, 5.74) is 17.7. The molecule has 0 saturated heterocycles. The van der Waals surface area contributed by atoms with Crippen LogP contribution in [0.1, 0.15) is 16.7 Å². The highest BCUT2D eigenvalue weighted by molar-refractivity contribution is 6.23. The van der Waals surface area contributed by atoms with Gasteiger partial charge in [0.2, 0.25) is 0 Å². The quantitative estimate of drug-likeness (QED) is 0.136. The van der Waals surface area contributed by atoms with Gasteiger partial charge < -0.3 is 14.6 Å². The number of furan rings is 2. The molecule has 11 aromatic rings. The standard InChI is InChI=1S/C53H35N3O2/c54-52(42-22-9-18-38-39(19-8-20-40(38)42)41-21-10-26-48-50(41)43-15-3-5-24-46(43)57-48)56-53(45-23-11-27-49-51(45)44-16-4-6-25-47(44)58-49)55-32-33-28-30-35(31-29-33)37-17-7-13-34-12-1-2-14-36(34)37/h1-31H,32H2,(H2,54,55,56). The topological polar surface area (TPSA) is 77.0 Å². The molecule has 11 rings (SSSR count). The highest BCUT2D eigenvalue weighted by Gasteiger charge is 2.18. The number of fused-ring (bicyclic) bond motifs is 8. The van der Waals surface area contributed by atoms with Gasteiger partial charge in [0.25, 0.3) is 0 Å². The van der Waals surface area contributed by atoms with Crippen molar-refractivity contribution in [3.05, 3.63) is 205 Å². The second-order valence-corrected chi connectivity index (χ2v) is 14.6. The number of hydrogen-bond donors (Lipinski definition) is 1. The molecule has 5 heteroatoms. The fourth-order valence-electron chi connectivity index (χ4n) is 8.52. The van der Waals surface area contributed by atoms with Crippen LogP contribution in [0.25, 0.3) is 87.7 Å². The Bertz CT molecular complexity index is 3440. The van der Waals surface area contributed by atoms with Crippen molar-refractivity contribution in [2.75, 3.05) is 0 Å². The molecule has 2 heterocycles. The van der Waals surface area contributed by atoms with Crippen LogP contribution < -0.4 is 5.73 Å². The number of nitrogens with two attached hydrogens (primary N) is 1. The van der Waals surface area contributed by atoms with Crippen LogP contribution in [-0.4, -0.2) is 11.7 Å². The van der Waals surface area contributed by atoms with Crippen LogP contribution in [0.2, 0.25) is 0 Å². The first kappa shape index (κ1) is 33.6. The molecular formula is C53H35N3O2. The average Bonchev–Trinajstić information content (AvgIpc) is 3.86. The summed E-state index contributed by atoms with van der Waals surface area (Å²) in [5, 5.41) is 8.68. The van der Waals surface area contributed by atoms with E-state index in [2.05, 4.69) is 133 Å². The molecule has 0 spiro atoms. The number of nitrogens with zero attached hydrogens (tertiary/aromatic N) is 2. The Morgan fingerprint density at radius 3 is 1.76 bits per heavy atom. The van der Waals surface area contributed by atoms with Crippen molar-refractivity contribution in [2.45, 2.75) is 6.54 Å². The lowest BCUT2D eigenvalue weighted by Gasteiger charge is -2.13. The van der Waals surface area contributed by atoms with E-state index in [-0.39, 0.29) is 0 Å². The zero-order chi connectivity index (χ0) is 38.6. The van der Waals surface area contributed by atoms with Gasteiger partial charge in [-0.2, -0.15) is 0 Å². The van der Waals surface area contributed by atoms with Crippen LogP contribution in [0.15, 0.2) is 207 Å². The molecule has 0 unspecified atom stereocenters. The molecule has 0 saturated carbocycles. The summed E-state index contributed by atoms with van der Waals surface area (Å²) >= 11 is 0. The maximum Gasteiger partial charge on any atom is 0.158 e. The van der Waals surface area contributed by atoms with Gasteiger partial charge in [0.1, 0.15) is 28.2 Å². The van der Waals surface area contributed by atoms with Gasteiger partial charge in [-0.3, -0.25) is 4.99 Å². The van der Waals surface area contributed by atoms with Crippen LogP contribution >= 0.6 is 0 Å². The molecule has 0 aliphatic heterocycles. The fourth-order valence-corrected chi connectivity index (χ4v) is 8.52. The monoisotopic (exact) mass is 745 g/mol. The van der Waals surface area contributed by atoms with E-state index in [1.165, 1.54) is 16.3 Å². The maximum absolute atomic E-state index is 7.10. The normalized spacial score (nSPS) is 12.5. The Balaban J connectivity index is 1.03. The van der Waals surface area contributed by atoms with Crippen LogP contribution in [0.5, 0.6) is 0 Å². The summed E-state index contributed by atoms with van der Waals surface area (Å²) in [6.45, 7) is 0.413. The first-order valence-electron chi connectivity index (χ1n) is 19.5. The maximum atomic E-state index is 7.10. The van der Waals surface area contributed by atoms with E-state index < -0.39 is 0 Å². The zero-order valence-corrected chi connectivity index (χ0v) is 31.4. The molecule has 2 aromatic heterocycles. The number of benzene rings is 9. The van der Waals surface area contributed by atoms with Crippen LogP contribution in [-0.2, 0) is 6.54 Å². The van der Waals surface area contributed by atoms with Crippen LogP contribution in [0.3, 0.4) is 0 Å². The molecule has 5 nitrogen and oxygen atoms in total. The molecule has 58 heavy (non-hydrogen) atoms. The van der Waals surface area contributed by atoms with E-state index in [1.54, 1.807) is 0 Å². The second-order valence-electron chi connectivity index (χ2n) is 14.6. The van der Waals surface area contributed by atoms with Gasteiger partial charge in [0, 0.05) is 32.7 Å². The molecule has 9 aromatic carbocycles. The first-order valence-corrected chi connectivity index (χ1v) is 19.5. The fraction of sp³-hybridized carbons (Fsp3) is 0.0189. The van der Waals surface area contributed by atoms with Crippen molar-refractivity contribution in [1.82, 2.24) is 0 Å². The van der Waals surface area contributed by atoms with E-state index in [0.717, 1.165) is 88.0 Å². The van der Waals surface area contributed by atoms with E-state index in [4.69, 9.17) is 24.6 Å². The summed E-state index contributed by atoms with van der Waals surface area (Å²) in [6.07, 6.45) is 0. The number of rotatable bonds is 6. The molecule has 0 aliphatic rings. The lowest BCUT2D eigenvalue weighted by Crippen LogP contribution is -2.17. The Morgan fingerprint density at radius 2 is 0.948 bits per heavy atom. The SMILES string of the molecule is NC(=NC(=NCc1ccc(-c2cccc3ccccc23)cc1)c1cccc2oc3ccccc3c12)c1cccc2c(-c3cccc4oc5ccccc5c34)cccc12. The van der Waals surface area contributed by atoms with Crippen molar-refractivity contribution in [3.8, 4) is 22.3 Å². The molecule has 274 valence electrons. The predicted octanol–water partition coefficient (Wildman–Crippen LogP) is 13.5. The van der Waals surface area contributed by atoms with E-state index in [9.17, 15) is 0 Å². The Labute approximate surface area is 334 Å². The summed E-state index contributed by atoms with van der Waals surface area (Å²) < 4.78 is 12.6. The molecule has 2 N–H and O–H groups in total. The number of para-hydroxylation sites is 2. The molecular weight excluding hydrogens is 711 g/mol. The predicted molar refractivity (Wildman–Crippen MR) is 241 cm³/mol. The average molecular weight is 746 g/mol. The third-order valence-electron chi connectivity index (χ3n) is 11.2. The number of amidine groups is 2. The summed E-state index contributed by atoms with van der Waals surface area (Å²) in [5.74, 6) is 0.917. The van der Waals surface area contributed by atoms with Gasteiger partial charge in [-0.05, 0) is 73.6 Å². The molecule has 0 bridgehead atoms. The number of aliphatic imine (C=N–C) groups is 2. The smallest absolute Gasteiger partial charge is 0.158 e. The third-order valence-corrected chi connectivity index (χ3v) is 11.2. The molecule has 0 atom stereocenters. The molecule has 0 amide bonds. The zero-order valence-electron chi connectivity index (χ0n) is 31.4. The van der Waals surface area contributed by atoms with Gasteiger partial charge in [-0.1, -0.05) is 164 Å². The van der Waals surface area contributed by atoms with Gasteiger partial charge in [-0.15, -0.1) is 0 Å². The second kappa shape index (κ2) is 13.8. The Hall–Kier alpha value is -7.76. The largest absolute Gasteiger partial charge is 0.456 e. The molecule has 0 aliphatic carbocycles. The van der Waals surface area contributed by atoms with Gasteiger partial charge in [0.15, 0.2) is 5.84 Å². The Kier molecular flexibility index (Phi) is 7.97. The first-order chi connectivity index (χ1) is 28.7.